The summed E-state index contributed by atoms with van der Waals surface area (Å²) >= 11 is 0. The zero-order valence-corrected chi connectivity index (χ0v) is 11.0. The van der Waals surface area contributed by atoms with E-state index in [1.807, 2.05) is 0 Å². The lowest BCUT2D eigenvalue weighted by Gasteiger charge is -2.09. The number of rotatable bonds is 3. The Morgan fingerprint density at radius 3 is 2.70 bits per heavy atom. The van der Waals surface area contributed by atoms with E-state index >= 15 is 0 Å². The Kier molecular flexibility index (Phi) is 3.48. The van der Waals surface area contributed by atoms with E-state index in [0.717, 1.165) is 12.8 Å². The fraction of sp³-hybridized carbons (Fsp3) is 0.429. The van der Waals surface area contributed by atoms with Crippen LogP contribution in [0.25, 0.3) is 0 Å². The van der Waals surface area contributed by atoms with E-state index in [4.69, 9.17) is 9.26 Å². The highest BCUT2D eigenvalue weighted by Crippen LogP contribution is 2.31. The molecule has 1 fully saturated rings. The topological polar surface area (TPSA) is 48.2 Å². The highest BCUT2D eigenvalue weighted by molar-refractivity contribution is 5.27. The number of nitrogens with zero attached hydrogens (tertiary/aromatic N) is 2. The molecule has 0 bridgehead atoms. The van der Waals surface area contributed by atoms with Crippen molar-refractivity contribution in [3.63, 3.8) is 0 Å². The standard InChI is InChI=1S/C14H14F2N2O2/c1-8(12-9(15)4-2-5-10(12)16)13-17-14(20-18-13)11-6-3-7-19-11/h2,4-5,8,11H,3,6-7H2,1H3/t8-,11-/m1/s1. The molecule has 6 heteroatoms. The molecule has 2 heterocycles. The molecule has 2 aromatic rings. The molecular weight excluding hydrogens is 266 g/mol. The van der Waals surface area contributed by atoms with Gasteiger partial charge in [-0.2, -0.15) is 4.98 Å². The molecule has 0 aliphatic carbocycles. The van der Waals surface area contributed by atoms with E-state index < -0.39 is 17.6 Å². The van der Waals surface area contributed by atoms with Crippen LogP contribution in [0.2, 0.25) is 0 Å². The summed E-state index contributed by atoms with van der Waals surface area (Å²) in [6.45, 7) is 2.31. The van der Waals surface area contributed by atoms with Gasteiger partial charge in [0.1, 0.15) is 17.7 Å². The van der Waals surface area contributed by atoms with Crippen LogP contribution in [0.5, 0.6) is 0 Å². The summed E-state index contributed by atoms with van der Waals surface area (Å²) in [5.41, 5.74) is -0.0489. The van der Waals surface area contributed by atoms with Crippen molar-refractivity contribution in [3.05, 3.63) is 47.1 Å². The van der Waals surface area contributed by atoms with Crippen LogP contribution in [0, 0.1) is 11.6 Å². The van der Waals surface area contributed by atoms with Gasteiger partial charge >= 0.3 is 0 Å². The van der Waals surface area contributed by atoms with Crippen LogP contribution in [-0.4, -0.2) is 16.7 Å². The molecule has 1 aliphatic heterocycles. The molecule has 1 aromatic carbocycles. The summed E-state index contributed by atoms with van der Waals surface area (Å²) in [6, 6.07) is 3.76. The lowest BCUT2D eigenvalue weighted by atomic mass is 9.99. The van der Waals surface area contributed by atoms with Crippen molar-refractivity contribution in [2.75, 3.05) is 6.61 Å². The van der Waals surface area contributed by atoms with Crippen molar-refractivity contribution in [1.29, 1.82) is 0 Å². The Hall–Kier alpha value is -1.82. The maximum atomic E-state index is 13.7. The lowest BCUT2D eigenvalue weighted by Crippen LogP contribution is -2.05. The first-order valence-corrected chi connectivity index (χ1v) is 6.56. The van der Waals surface area contributed by atoms with Gasteiger partial charge in [-0.1, -0.05) is 18.1 Å². The van der Waals surface area contributed by atoms with Gasteiger partial charge < -0.3 is 9.26 Å². The molecule has 0 saturated carbocycles. The van der Waals surface area contributed by atoms with E-state index in [9.17, 15) is 8.78 Å². The van der Waals surface area contributed by atoms with Gasteiger partial charge in [0, 0.05) is 12.2 Å². The Labute approximate surface area is 114 Å². The van der Waals surface area contributed by atoms with Gasteiger partial charge in [-0.15, -0.1) is 0 Å². The number of hydrogen-bond donors (Lipinski definition) is 0. The smallest absolute Gasteiger partial charge is 0.255 e. The molecule has 0 N–H and O–H groups in total. The summed E-state index contributed by atoms with van der Waals surface area (Å²) in [4.78, 5) is 4.21. The van der Waals surface area contributed by atoms with Crippen LogP contribution in [0.4, 0.5) is 8.78 Å². The number of hydrogen-bond acceptors (Lipinski definition) is 4. The molecule has 1 aliphatic rings. The minimum absolute atomic E-state index is 0.0489. The number of ether oxygens (including phenoxy) is 1. The fourth-order valence-corrected chi connectivity index (χ4v) is 2.38. The van der Waals surface area contributed by atoms with Crippen LogP contribution in [-0.2, 0) is 4.74 Å². The maximum absolute atomic E-state index is 13.7. The van der Waals surface area contributed by atoms with Crippen molar-refractivity contribution in [1.82, 2.24) is 10.1 Å². The molecule has 1 saturated heterocycles. The molecule has 20 heavy (non-hydrogen) atoms. The summed E-state index contributed by atoms with van der Waals surface area (Å²) in [6.07, 6.45) is 1.57. The number of benzene rings is 1. The van der Waals surface area contributed by atoms with Gasteiger partial charge in [-0.05, 0) is 25.0 Å². The largest absolute Gasteiger partial charge is 0.368 e. The molecule has 3 rings (SSSR count). The summed E-state index contributed by atoms with van der Waals surface area (Å²) in [5.74, 6) is -1.20. The van der Waals surface area contributed by atoms with E-state index in [-0.39, 0.29) is 17.5 Å². The first-order chi connectivity index (χ1) is 9.66. The highest BCUT2D eigenvalue weighted by Gasteiger charge is 2.27. The zero-order chi connectivity index (χ0) is 14.1. The van der Waals surface area contributed by atoms with Crippen molar-refractivity contribution >= 4 is 0 Å². The van der Waals surface area contributed by atoms with Crippen LogP contribution >= 0.6 is 0 Å². The fourth-order valence-electron chi connectivity index (χ4n) is 2.38. The van der Waals surface area contributed by atoms with Crippen molar-refractivity contribution in [2.24, 2.45) is 0 Å². The Morgan fingerprint density at radius 2 is 2.05 bits per heavy atom. The van der Waals surface area contributed by atoms with E-state index in [2.05, 4.69) is 10.1 Å². The Balaban J connectivity index is 1.89. The van der Waals surface area contributed by atoms with Crippen LogP contribution in [0.1, 0.15) is 49.1 Å². The van der Waals surface area contributed by atoms with Gasteiger partial charge in [0.05, 0.1) is 5.92 Å². The van der Waals surface area contributed by atoms with Gasteiger partial charge in [0.15, 0.2) is 5.82 Å². The first-order valence-electron chi connectivity index (χ1n) is 6.56. The molecule has 106 valence electrons. The number of aromatic nitrogens is 2. The summed E-state index contributed by atoms with van der Waals surface area (Å²) in [5, 5.41) is 3.82. The molecule has 0 amide bonds. The SMILES string of the molecule is C[C@@H](c1noc([C@H]2CCCO2)n1)c1c(F)cccc1F. The predicted molar refractivity (Wildman–Crippen MR) is 66.1 cm³/mol. The highest BCUT2D eigenvalue weighted by atomic mass is 19.1. The van der Waals surface area contributed by atoms with Gasteiger partial charge in [-0.25, -0.2) is 8.78 Å². The second-order valence-corrected chi connectivity index (χ2v) is 4.85. The van der Waals surface area contributed by atoms with Crippen molar-refractivity contribution in [3.8, 4) is 0 Å². The average molecular weight is 280 g/mol. The average Bonchev–Trinajstić information content (AvgIpc) is 3.09. The number of halogens is 2. The van der Waals surface area contributed by atoms with E-state index in [0.29, 0.717) is 12.5 Å². The summed E-state index contributed by atoms with van der Waals surface area (Å²) < 4.78 is 38.1. The van der Waals surface area contributed by atoms with Gasteiger partial charge in [-0.3, -0.25) is 0 Å². The first kappa shape index (κ1) is 13.2. The molecule has 0 unspecified atom stereocenters. The Bertz CT molecular complexity index is 589. The molecule has 1 aromatic heterocycles. The third-order valence-corrected chi connectivity index (χ3v) is 3.48. The molecule has 2 atom stereocenters. The Morgan fingerprint density at radius 1 is 1.30 bits per heavy atom. The molecule has 0 radical (unpaired) electrons. The van der Waals surface area contributed by atoms with E-state index in [1.165, 1.54) is 18.2 Å². The minimum Gasteiger partial charge on any atom is -0.368 e. The van der Waals surface area contributed by atoms with Crippen molar-refractivity contribution < 1.29 is 18.0 Å². The van der Waals surface area contributed by atoms with E-state index in [1.54, 1.807) is 6.92 Å². The second-order valence-electron chi connectivity index (χ2n) is 4.85. The molecular formula is C14H14F2N2O2. The second kappa shape index (κ2) is 5.28. The third kappa shape index (κ3) is 2.31. The monoisotopic (exact) mass is 280 g/mol. The summed E-state index contributed by atoms with van der Waals surface area (Å²) in [7, 11) is 0. The van der Waals surface area contributed by atoms with Crippen LogP contribution in [0.3, 0.4) is 0 Å². The predicted octanol–water partition coefficient (Wildman–Crippen LogP) is 3.35. The third-order valence-electron chi connectivity index (χ3n) is 3.48. The minimum atomic E-state index is -0.616. The van der Waals surface area contributed by atoms with Crippen molar-refractivity contribution in [2.45, 2.75) is 31.8 Å². The maximum Gasteiger partial charge on any atom is 0.255 e. The van der Waals surface area contributed by atoms with Gasteiger partial charge in [0.2, 0.25) is 0 Å². The normalized spacial score (nSPS) is 20.2. The quantitative estimate of drug-likeness (QED) is 0.865. The zero-order valence-electron chi connectivity index (χ0n) is 11.0. The van der Waals surface area contributed by atoms with Crippen LogP contribution < -0.4 is 0 Å². The van der Waals surface area contributed by atoms with Gasteiger partial charge in [0.25, 0.3) is 5.89 Å². The lowest BCUT2D eigenvalue weighted by molar-refractivity contribution is 0.0835. The molecule has 0 spiro atoms. The molecule has 4 nitrogen and oxygen atoms in total. The van der Waals surface area contributed by atoms with Crippen LogP contribution in [0.15, 0.2) is 22.7 Å².